The number of rotatable bonds is 5. The summed E-state index contributed by atoms with van der Waals surface area (Å²) in [5, 5.41) is 2.83. The second-order valence-electron chi connectivity index (χ2n) is 6.49. The molecule has 150 valence electrons. The van der Waals surface area contributed by atoms with Crippen LogP contribution in [-0.2, 0) is 14.8 Å². The summed E-state index contributed by atoms with van der Waals surface area (Å²) >= 11 is 2.18. The van der Waals surface area contributed by atoms with Gasteiger partial charge in [0.25, 0.3) is 0 Å². The highest BCUT2D eigenvalue weighted by atomic mass is 127. The minimum atomic E-state index is -3.98. The smallest absolute Gasteiger partial charge is 0.246 e. The van der Waals surface area contributed by atoms with Gasteiger partial charge in [0.2, 0.25) is 15.9 Å². The molecular formula is C19H20FIN2O4S. The van der Waals surface area contributed by atoms with E-state index in [9.17, 15) is 17.6 Å². The zero-order chi connectivity index (χ0) is 20.3. The SMILES string of the molecule is COc1ccc(F)cc1S(=O)(=O)N1CCC[C@H](C(=O)Nc2ccc(I)cc2)C1. The van der Waals surface area contributed by atoms with E-state index in [0.717, 1.165) is 15.7 Å². The number of halogens is 2. The first-order chi connectivity index (χ1) is 13.3. The summed E-state index contributed by atoms with van der Waals surface area (Å²) in [5.41, 5.74) is 0.664. The summed E-state index contributed by atoms with van der Waals surface area (Å²) in [6, 6.07) is 10.7. The summed E-state index contributed by atoms with van der Waals surface area (Å²) in [5.74, 6) is -1.30. The third-order valence-electron chi connectivity index (χ3n) is 4.61. The van der Waals surface area contributed by atoms with E-state index in [2.05, 4.69) is 27.9 Å². The minimum Gasteiger partial charge on any atom is -0.495 e. The largest absolute Gasteiger partial charge is 0.495 e. The first kappa shape index (κ1) is 21.0. The van der Waals surface area contributed by atoms with Crippen molar-refractivity contribution >= 4 is 44.2 Å². The highest BCUT2D eigenvalue weighted by Gasteiger charge is 2.35. The highest BCUT2D eigenvalue weighted by molar-refractivity contribution is 14.1. The van der Waals surface area contributed by atoms with E-state index in [1.54, 1.807) is 12.1 Å². The van der Waals surface area contributed by atoms with Crippen LogP contribution in [0, 0.1) is 15.3 Å². The van der Waals surface area contributed by atoms with Crippen LogP contribution in [0.1, 0.15) is 12.8 Å². The average Bonchev–Trinajstić information content (AvgIpc) is 2.69. The molecule has 0 bridgehead atoms. The monoisotopic (exact) mass is 518 g/mol. The third-order valence-corrected chi connectivity index (χ3v) is 7.22. The van der Waals surface area contributed by atoms with Gasteiger partial charge in [0.05, 0.1) is 13.0 Å². The molecule has 0 saturated carbocycles. The first-order valence-electron chi connectivity index (χ1n) is 8.71. The fraction of sp³-hybridized carbons (Fsp3) is 0.316. The van der Waals surface area contributed by atoms with Gasteiger partial charge in [-0.2, -0.15) is 4.31 Å². The molecule has 0 aliphatic carbocycles. The number of benzene rings is 2. The lowest BCUT2D eigenvalue weighted by Crippen LogP contribution is -2.43. The maximum Gasteiger partial charge on any atom is 0.246 e. The van der Waals surface area contributed by atoms with Crippen molar-refractivity contribution in [3.8, 4) is 5.75 Å². The van der Waals surface area contributed by atoms with Crippen molar-refractivity contribution in [2.24, 2.45) is 5.92 Å². The number of carbonyl (C=O) groups is 1. The molecule has 0 aromatic heterocycles. The van der Waals surface area contributed by atoms with Gasteiger partial charge in [-0.3, -0.25) is 4.79 Å². The quantitative estimate of drug-likeness (QED) is 0.616. The van der Waals surface area contributed by atoms with Gasteiger partial charge >= 0.3 is 0 Å². The van der Waals surface area contributed by atoms with Crippen molar-refractivity contribution in [1.82, 2.24) is 4.31 Å². The maximum atomic E-state index is 13.7. The molecule has 1 aliphatic heterocycles. The van der Waals surface area contributed by atoms with Crippen molar-refractivity contribution in [1.29, 1.82) is 0 Å². The Labute approximate surface area is 177 Å². The molecule has 9 heteroatoms. The number of piperidine rings is 1. The molecular weight excluding hydrogens is 498 g/mol. The van der Waals surface area contributed by atoms with Crippen molar-refractivity contribution < 1.29 is 22.3 Å². The fourth-order valence-electron chi connectivity index (χ4n) is 3.14. The van der Waals surface area contributed by atoms with Crippen LogP contribution in [0.25, 0.3) is 0 Å². The van der Waals surface area contributed by atoms with Crippen molar-refractivity contribution in [2.45, 2.75) is 17.7 Å². The molecule has 1 fully saturated rings. The van der Waals surface area contributed by atoms with Gasteiger partial charge in [-0.25, -0.2) is 12.8 Å². The molecule has 1 N–H and O–H groups in total. The van der Waals surface area contributed by atoms with Gasteiger partial charge in [-0.15, -0.1) is 0 Å². The molecule has 1 atom stereocenters. The van der Waals surface area contributed by atoms with Crippen LogP contribution in [0.3, 0.4) is 0 Å². The normalized spacial score (nSPS) is 17.9. The molecule has 0 radical (unpaired) electrons. The lowest BCUT2D eigenvalue weighted by molar-refractivity contribution is -0.120. The van der Waals surface area contributed by atoms with E-state index in [0.29, 0.717) is 18.5 Å². The first-order valence-corrected chi connectivity index (χ1v) is 11.2. The van der Waals surface area contributed by atoms with Crippen LogP contribution in [0.2, 0.25) is 0 Å². The number of ether oxygens (including phenoxy) is 1. The Morgan fingerprint density at radius 1 is 1.25 bits per heavy atom. The topological polar surface area (TPSA) is 75.7 Å². The van der Waals surface area contributed by atoms with E-state index >= 15 is 0 Å². The number of hydrogen-bond donors (Lipinski definition) is 1. The number of amides is 1. The maximum absolute atomic E-state index is 13.7. The standard InChI is InChI=1S/C19H20FIN2O4S/c1-27-17-9-4-14(20)11-18(17)28(25,26)23-10-2-3-13(12-23)19(24)22-16-7-5-15(21)6-8-16/h4-9,11,13H,2-3,10,12H2,1H3,(H,22,24)/t13-/m0/s1. The van der Waals surface area contributed by atoms with Crippen LogP contribution in [-0.4, -0.2) is 38.8 Å². The predicted octanol–water partition coefficient (Wildman–Crippen LogP) is 3.48. The van der Waals surface area contributed by atoms with Gasteiger partial charge in [-0.05, 0) is 77.9 Å². The van der Waals surface area contributed by atoms with Gasteiger partial charge < -0.3 is 10.1 Å². The molecule has 0 unspecified atom stereocenters. The molecule has 0 spiro atoms. The Kier molecular flexibility index (Phi) is 6.56. The number of hydrogen-bond acceptors (Lipinski definition) is 4. The minimum absolute atomic E-state index is 0.0399. The lowest BCUT2D eigenvalue weighted by atomic mass is 9.99. The number of sulfonamides is 1. The molecule has 28 heavy (non-hydrogen) atoms. The van der Waals surface area contributed by atoms with Gasteiger partial charge in [0.1, 0.15) is 16.5 Å². The second kappa shape index (κ2) is 8.75. The van der Waals surface area contributed by atoms with Crippen molar-refractivity contribution in [3.05, 3.63) is 51.9 Å². The molecule has 1 heterocycles. The summed E-state index contributed by atoms with van der Waals surface area (Å²) in [6.45, 7) is 0.313. The summed E-state index contributed by atoms with van der Waals surface area (Å²) < 4.78 is 47.1. The molecule has 1 amide bonds. The average molecular weight is 518 g/mol. The molecule has 1 saturated heterocycles. The Balaban J connectivity index is 1.78. The van der Waals surface area contributed by atoms with E-state index in [1.165, 1.54) is 17.5 Å². The van der Waals surface area contributed by atoms with Crippen LogP contribution >= 0.6 is 22.6 Å². The zero-order valence-electron chi connectivity index (χ0n) is 15.2. The summed E-state index contributed by atoms with van der Waals surface area (Å²) in [6.07, 6.45) is 1.13. The summed E-state index contributed by atoms with van der Waals surface area (Å²) in [4.78, 5) is 12.4. The second-order valence-corrected chi connectivity index (χ2v) is 9.65. The Morgan fingerprint density at radius 2 is 1.96 bits per heavy atom. The summed E-state index contributed by atoms with van der Waals surface area (Å²) in [7, 11) is -2.65. The van der Waals surface area contributed by atoms with Crippen LogP contribution < -0.4 is 10.1 Å². The predicted molar refractivity (Wildman–Crippen MR) is 112 cm³/mol. The number of anilines is 1. The van der Waals surface area contributed by atoms with Crippen molar-refractivity contribution in [3.63, 3.8) is 0 Å². The van der Waals surface area contributed by atoms with Crippen molar-refractivity contribution in [2.75, 3.05) is 25.5 Å². The Hall–Kier alpha value is -1.72. The fourth-order valence-corrected chi connectivity index (χ4v) is 5.19. The molecule has 2 aromatic rings. The Bertz CT molecular complexity index is 966. The molecule has 1 aliphatic rings. The lowest BCUT2D eigenvalue weighted by Gasteiger charge is -2.31. The van der Waals surface area contributed by atoms with E-state index in [-0.39, 0.29) is 29.6 Å². The zero-order valence-corrected chi connectivity index (χ0v) is 18.2. The molecule has 6 nitrogen and oxygen atoms in total. The molecule has 3 rings (SSSR count). The number of carbonyl (C=O) groups excluding carboxylic acids is 1. The van der Waals surface area contributed by atoms with E-state index < -0.39 is 21.8 Å². The number of nitrogens with one attached hydrogen (secondary N) is 1. The van der Waals surface area contributed by atoms with Gasteiger partial charge in [-0.1, -0.05) is 0 Å². The van der Waals surface area contributed by atoms with Crippen LogP contribution in [0.15, 0.2) is 47.4 Å². The number of methoxy groups -OCH3 is 1. The highest BCUT2D eigenvalue weighted by Crippen LogP contribution is 2.30. The Morgan fingerprint density at radius 3 is 2.64 bits per heavy atom. The van der Waals surface area contributed by atoms with Gasteiger partial charge in [0, 0.05) is 22.3 Å². The van der Waals surface area contributed by atoms with E-state index in [4.69, 9.17) is 4.74 Å². The third kappa shape index (κ3) is 4.64. The van der Waals surface area contributed by atoms with Crippen LogP contribution in [0.5, 0.6) is 5.75 Å². The number of nitrogens with zero attached hydrogens (tertiary/aromatic N) is 1. The van der Waals surface area contributed by atoms with E-state index in [1.807, 2.05) is 12.1 Å². The molecule has 2 aromatic carbocycles. The van der Waals surface area contributed by atoms with Gasteiger partial charge in [0.15, 0.2) is 0 Å². The van der Waals surface area contributed by atoms with Crippen LogP contribution in [0.4, 0.5) is 10.1 Å².